The van der Waals surface area contributed by atoms with Crippen LogP contribution in [0.4, 0.5) is 10.1 Å². The van der Waals surface area contributed by atoms with Crippen LogP contribution < -0.4 is 10.2 Å². The lowest BCUT2D eigenvalue weighted by molar-refractivity contribution is -0.133. The van der Waals surface area contributed by atoms with E-state index in [1.165, 1.54) is 12.1 Å². The number of aromatic nitrogens is 3. The maximum Gasteiger partial charge on any atom is 0.231 e. The number of carbonyl (C=O) groups is 1. The van der Waals surface area contributed by atoms with Crippen LogP contribution >= 0.6 is 36.4 Å². The molecule has 2 aromatic carbocycles. The first-order valence-corrected chi connectivity index (χ1v) is 12.9. The van der Waals surface area contributed by atoms with Crippen LogP contribution in [0.15, 0.2) is 60.9 Å². The summed E-state index contributed by atoms with van der Waals surface area (Å²) in [7, 11) is 0. The zero-order valence-corrected chi connectivity index (χ0v) is 24.1. The van der Waals surface area contributed by atoms with Gasteiger partial charge in [-0.2, -0.15) is 5.10 Å². The average molecular weight is 594 g/mol. The number of hydrogen-bond acceptors (Lipinski definition) is 5. The van der Waals surface area contributed by atoms with E-state index >= 15 is 0 Å². The molecule has 1 fully saturated rings. The van der Waals surface area contributed by atoms with Gasteiger partial charge in [0.05, 0.1) is 23.2 Å². The molecule has 7 nitrogen and oxygen atoms in total. The van der Waals surface area contributed by atoms with Crippen molar-refractivity contribution in [2.24, 2.45) is 0 Å². The Morgan fingerprint density at radius 3 is 2.46 bits per heavy atom. The van der Waals surface area contributed by atoms with E-state index in [0.717, 1.165) is 27.8 Å². The van der Waals surface area contributed by atoms with E-state index in [1.54, 1.807) is 18.5 Å². The van der Waals surface area contributed by atoms with Gasteiger partial charge in [-0.3, -0.25) is 9.89 Å². The van der Waals surface area contributed by atoms with Crippen molar-refractivity contribution < 1.29 is 9.18 Å². The van der Waals surface area contributed by atoms with Gasteiger partial charge in [-0.1, -0.05) is 49.7 Å². The molecular weight excluding hydrogens is 562 g/mol. The van der Waals surface area contributed by atoms with Crippen molar-refractivity contribution in [1.82, 2.24) is 25.4 Å². The maximum absolute atomic E-state index is 14.1. The fourth-order valence-corrected chi connectivity index (χ4v) is 4.99. The predicted molar refractivity (Wildman–Crippen MR) is 160 cm³/mol. The van der Waals surface area contributed by atoms with Crippen LogP contribution in [0.1, 0.15) is 25.3 Å². The Balaban J connectivity index is 0.00000210. The summed E-state index contributed by atoms with van der Waals surface area (Å²) in [5.74, 6) is -0.492. The van der Waals surface area contributed by atoms with Crippen LogP contribution in [0.5, 0.6) is 0 Å². The zero-order valence-electron chi connectivity index (χ0n) is 21.7. The van der Waals surface area contributed by atoms with Gasteiger partial charge in [-0.05, 0) is 35.4 Å². The SMILES string of the molecule is CC(C)NC[C@@H](C(=O)N1CCN(c2c(-c3cccc(F)c3)cnc3[nH]ncc23)CC1)c1ccc(Cl)cc1.Cl.Cl. The van der Waals surface area contributed by atoms with Gasteiger partial charge in [0.15, 0.2) is 5.65 Å². The number of nitrogens with zero attached hydrogens (tertiary/aromatic N) is 4. The molecular formula is C28H32Cl3FN6O. The first-order valence-electron chi connectivity index (χ1n) is 12.5. The molecule has 1 aliphatic heterocycles. The molecule has 1 atom stereocenters. The maximum atomic E-state index is 14.1. The van der Waals surface area contributed by atoms with Crippen molar-refractivity contribution in [3.8, 4) is 11.1 Å². The Morgan fingerprint density at radius 1 is 1.08 bits per heavy atom. The number of H-pyrrole nitrogens is 1. The van der Waals surface area contributed by atoms with E-state index in [-0.39, 0.29) is 48.5 Å². The normalized spacial score (nSPS) is 14.2. The topological polar surface area (TPSA) is 77.2 Å². The van der Waals surface area contributed by atoms with E-state index in [2.05, 4.69) is 39.2 Å². The molecule has 39 heavy (non-hydrogen) atoms. The highest BCUT2D eigenvalue weighted by Gasteiger charge is 2.30. The van der Waals surface area contributed by atoms with Crippen LogP contribution in [0, 0.1) is 5.82 Å². The lowest BCUT2D eigenvalue weighted by atomic mass is 9.96. The predicted octanol–water partition coefficient (Wildman–Crippen LogP) is 5.69. The number of nitrogens with one attached hydrogen (secondary N) is 2. The van der Waals surface area contributed by atoms with Crippen molar-refractivity contribution >= 4 is 59.0 Å². The fourth-order valence-electron chi connectivity index (χ4n) is 4.86. The Kier molecular flexibility index (Phi) is 10.6. The molecule has 208 valence electrons. The fraction of sp³-hybridized carbons (Fsp3) is 0.321. The third kappa shape index (κ3) is 6.81. The summed E-state index contributed by atoms with van der Waals surface area (Å²) in [6.45, 7) is 7.14. The van der Waals surface area contributed by atoms with Crippen molar-refractivity contribution in [2.75, 3.05) is 37.6 Å². The van der Waals surface area contributed by atoms with Gasteiger partial charge in [-0.15, -0.1) is 24.8 Å². The Labute approximate surface area is 244 Å². The first-order chi connectivity index (χ1) is 17.9. The first kappa shape index (κ1) is 30.6. The van der Waals surface area contributed by atoms with Crippen LogP contribution in [-0.4, -0.2) is 64.8 Å². The summed E-state index contributed by atoms with van der Waals surface area (Å²) < 4.78 is 14.1. The number of carbonyl (C=O) groups excluding carboxylic acids is 1. The number of amides is 1. The van der Waals surface area contributed by atoms with Gasteiger partial charge in [0, 0.05) is 55.5 Å². The molecule has 11 heteroatoms. The zero-order chi connectivity index (χ0) is 25.9. The van der Waals surface area contributed by atoms with E-state index < -0.39 is 0 Å². The molecule has 0 unspecified atom stereocenters. The Morgan fingerprint density at radius 2 is 1.79 bits per heavy atom. The molecule has 1 aliphatic rings. The summed E-state index contributed by atoms with van der Waals surface area (Å²) >= 11 is 6.10. The lowest BCUT2D eigenvalue weighted by Crippen LogP contribution is -2.51. The van der Waals surface area contributed by atoms with Crippen LogP contribution in [-0.2, 0) is 4.79 Å². The summed E-state index contributed by atoms with van der Waals surface area (Å²) in [5.41, 5.74) is 4.18. The van der Waals surface area contributed by atoms with E-state index in [4.69, 9.17) is 11.6 Å². The standard InChI is InChI=1S/C28H30ClFN6O.2ClH/c1-18(2)31-16-24(19-6-8-21(29)9-7-19)28(37)36-12-10-35(11-13-36)26-23(20-4-3-5-22(30)14-20)15-32-27-25(26)17-33-34-27;;/h3-9,14-15,17-18,24,31H,10-13,16H2,1-2H3,(H,32,33,34);2*1H/t24-;;/m1../s1. The smallest absolute Gasteiger partial charge is 0.231 e. The molecule has 4 aromatic rings. The molecule has 2 N–H and O–H groups in total. The molecule has 0 aliphatic carbocycles. The highest BCUT2D eigenvalue weighted by Crippen LogP contribution is 2.37. The van der Waals surface area contributed by atoms with Crippen LogP contribution in [0.2, 0.25) is 5.02 Å². The highest BCUT2D eigenvalue weighted by molar-refractivity contribution is 6.30. The van der Waals surface area contributed by atoms with Crippen molar-refractivity contribution in [3.63, 3.8) is 0 Å². The average Bonchev–Trinajstić information content (AvgIpc) is 3.38. The molecule has 2 aromatic heterocycles. The number of anilines is 1. The summed E-state index contributed by atoms with van der Waals surface area (Å²) in [4.78, 5) is 22.4. The minimum Gasteiger partial charge on any atom is -0.367 e. The van der Waals surface area contributed by atoms with E-state index in [9.17, 15) is 9.18 Å². The number of aromatic amines is 1. The number of rotatable bonds is 7. The van der Waals surface area contributed by atoms with Crippen LogP contribution in [0.3, 0.4) is 0 Å². The van der Waals surface area contributed by atoms with Gasteiger partial charge >= 0.3 is 0 Å². The number of piperazine rings is 1. The molecule has 5 rings (SSSR count). The highest BCUT2D eigenvalue weighted by atomic mass is 35.5. The number of pyridine rings is 1. The van der Waals surface area contributed by atoms with Crippen LogP contribution in [0.25, 0.3) is 22.2 Å². The summed E-state index contributed by atoms with van der Waals surface area (Å²) in [6, 6.07) is 14.3. The second kappa shape index (κ2) is 13.4. The number of fused-ring (bicyclic) bond motifs is 1. The molecule has 1 saturated heterocycles. The third-order valence-corrected chi connectivity index (χ3v) is 7.05. The quantitative estimate of drug-likeness (QED) is 0.288. The molecule has 0 saturated carbocycles. The third-order valence-electron chi connectivity index (χ3n) is 6.80. The molecule has 1 amide bonds. The van der Waals surface area contributed by atoms with Gasteiger partial charge < -0.3 is 15.1 Å². The molecule has 0 radical (unpaired) electrons. The van der Waals surface area contributed by atoms with Gasteiger partial charge in [0.1, 0.15) is 5.82 Å². The number of halogens is 4. The second-order valence-electron chi connectivity index (χ2n) is 9.64. The molecule has 3 heterocycles. The molecule has 0 spiro atoms. The van der Waals surface area contributed by atoms with Crippen molar-refractivity contribution in [2.45, 2.75) is 25.8 Å². The Hall–Kier alpha value is -2.91. The minimum absolute atomic E-state index is 0. The number of hydrogen-bond donors (Lipinski definition) is 2. The van der Waals surface area contributed by atoms with E-state index in [0.29, 0.717) is 43.4 Å². The lowest BCUT2D eigenvalue weighted by Gasteiger charge is -2.38. The second-order valence-corrected chi connectivity index (χ2v) is 10.1. The summed E-state index contributed by atoms with van der Waals surface area (Å²) in [5, 5.41) is 12.1. The van der Waals surface area contributed by atoms with Crippen molar-refractivity contribution in [1.29, 1.82) is 0 Å². The van der Waals surface area contributed by atoms with Gasteiger partial charge in [0.25, 0.3) is 0 Å². The monoisotopic (exact) mass is 592 g/mol. The van der Waals surface area contributed by atoms with E-state index in [1.807, 2.05) is 35.2 Å². The Bertz CT molecular complexity index is 1390. The molecule has 0 bridgehead atoms. The summed E-state index contributed by atoms with van der Waals surface area (Å²) in [6.07, 6.45) is 3.52. The van der Waals surface area contributed by atoms with Gasteiger partial charge in [0.2, 0.25) is 5.91 Å². The largest absolute Gasteiger partial charge is 0.367 e. The number of benzene rings is 2. The van der Waals surface area contributed by atoms with Gasteiger partial charge in [-0.25, -0.2) is 9.37 Å². The minimum atomic E-state index is -0.297. The van der Waals surface area contributed by atoms with Crippen molar-refractivity contribution in [3.05, 3.63) is 77.3 Å².